The van der Waals surface area contributed by atoms with Gasteiger partial charge in [0.05, 0.1) is 5.92 Å². The molecule has 1 heterocycles. The lowest BCUT2D eigenvalue weighted by Gasteiger charge is -1.81. The van der Waals surface area contributed by atoms with E-state index in [1.807, 2.05) is 6.08 Å². The Bertz CT molecular complexity index is 197. The molecule has 9 heavy (non-hydrogen) atoms. The fraction of sp³-hybridized carbons (Fsp3) is 0.429. The van der Waals surface area contributed by atoms with Gasteiger partial charge in [-0.05, 0) is 22.8 Å². The summed E-state index contributed by atoms with van der Waals surface area (Å²) in [5, 5.41) is 0. The van der Waals surface area contributed by atoms with E-state index >= 15 is 0 Å². The van der Waals surface area contributed by atoms with Crippen molar-refractivity contribution < 1.29 is 0 Å². The Morgan fingerprint density at radius 2 is 2.44 bits per heavy atom. The Balaban J connectivity index is 2.19. The molecule has 0 atom stereocenters. The van der Waals surface area contributed by atoms with Crippen LogP contribution in [0.5, 0.6) is 0 Å². The van der Waals surface area contributed by atoms with Gasteiger partial charge in [-0.15, -0.1) is 0 Å². The van der Waals surface area contributed by atoms with Crippen LogP contribution in [-0.4, -0.2) is 12.1 Å². The SMILES string of the molecule is C1=CN=C(C2CC2)[N+]=C1. The van der Waals surface area contributed by atoms with E-state index in [1.54, 1.807) is 12.4 Å². The minimum Gasteiger partial charge on any atom is -0.0499 e. The molecule has 0 aromatic carbocycles. The number of hydrogen-bond donors (Lipinski definition) is 0. The predicted molar refractivity (Wildman–Crippen MR) is 37.5 cm³/mol. The summed E-state index contributed by atoms with van der Waals surface area (Å²) in [5.74, 6) is 1.71. The summed E-state index contributed by atoms with van der Waals surface area (Å²) in [5.41, 5.74) is 0. The monoisotopic (exact) mass is 120 g/mol. The van der Waals surface area contributed by atoms with E-state index in [0.29, 0.717) is 5.92 Å². The van der Waals surface area contributed by atoms with E-state index in [2.05, 4.69) is 9.98 Å². The first kappa shape index (κ1) is 4.91. The van der Waals surface area contributed by atoms with Gasteiger partial charge in [-0.25, -0.2) is 0 Å². The quantitative estimate of drug-likeness (QED) is 0.487. The smallest absolute Gasteiger partial charge is 0.0499 e. The number of amidine groups is 1. The lowest BCUT2D eigenvalue weighted by atomic mass is 10.4. The number of nitrogens with zero attached hydrogens (tertiary/aromatic N) is 2. The molecule has 1 aliphatic carbocycles. The van der Waals surface area contributed by atoms with Gasteiger partial charge in [-0.1, -0.05) is 0 Å². The fourth-order valence-corrected chi connectivity index (χ4v) is 0.863. The molecule has 2 nitrogen and oxygen atoms in total. The second-order valence-corrected chi connectivity index (χ2v) is 2.38. The molecule has 0 aromatic rings. The van der Waals surface area contributed by atoms with Crippen LogP contribution in [0.1, 0.15) is 12.8 Å². The Hall–Kier alpha value is -0.920. The van der Waals surface area contributed by atoms with E-state index in [9.17, 15) is 0 Å². The zero-order chi connectivity index (χ0) is 6.10. The average Bonchev–Trinajstić information content (AvgIpc) is 2.71. The molecule has 0 bridgehead atoms. The normalized spacial score (nSPS) is 24.2. The molecular weight excluding hydrogens is 112 g/mol. The molecule has 2 rings (SSSR count). The maximum absolute atomic E-state index is 4.13. The number of aliphatic imine (C=N–C) groups is 2. The van der Waals surface area contributed by atoms with Gasteiger partial charge in [0, 0.05) is 6.08 Å². The molecule has 1 saturated carbocycles. The van der Waals surface area contributed by atoms with Crippen molar-refractivity contribution >= 4 is 12.1 Å². The highest BCUT2D eigenvalue weighted by molar-refractivity contribution is 5.94. The summed E-state index contributed by atoms with van der Waals surface area (Å²) in [6, 6.07) is 0. The van der Waals surface area contributed by atoms with Crippen LogP contribution in [0.4, 0.5) is 0 Å². The highest BCUT2D eigenvalue weighted by Crippen LogP contribution is 2.29. The highest BCUT2D eigenvalue weighted by Gasteiger charge is 2.34. The predicted octanol–water partition coefficient (Wildman–Crippen LogP) is 0.729. The number of hydrogen-bond acceptors (Lipinski definition) is 2. The number of rotatable bonds is 1. The standard InChI is InChI=1S/C7H8N2/c1-4-8-7(9-5-1)6-2-3-6/h1,4-6H,2-3H2/q+1. The molecule has 0 N–H and O–H groups in total. The molecule has 0 aromatic heterocycles. The largest absolute Gasteiger partial charge is 0.341 e. The van der Waals surface area contributed by atoms with Crippen LogP contribution in [0, 0.1) is 5.92 Å². The molecule has 2 heteroatoms. The van der Waals surface area contributed by atoms with Crippen LogP contribution in [0.3, 0.4) is 0 Å². The Morgan fingerprint density at radius 1 is 1.56 bits per heavy atom. The van der Waals surface area contributed by atoms with E-state index in [4.69, 9.17) is 0 Å². The van der Waals surface area contributed by atoms with Gasteiger partial charge in [-0.2, -0.15) is 0 Å². The Morgan fingerprint density at radius 3 is 3.00 bits per heavy atom. The van der Waals surface area contributed by atoms with Gasteiger partial charge < -0.3 is 0 Å². The number of allylic oxidation sites excluding steroid dienone is 1. The van der Waals surface area contributed by atoms with Crippen molar-refractivity contribution in [2.45, 2.75) is 12.8 Å². The van der Waals surface area contributed by atoms with Gasteiger partial charge >= 0.3 is 5.84 Å². The summed E-state index contributed by atoms with van der Waals surface area (Å²) in [6.07, 6.45) is 8.03. The fourth-order valence-electron chi connectivity index (χ4n) is 0.863. The molecule has 0 unspecified atom stereocenters. The molecule has 2 aliphatic rings. The molecular formula is C7H8N2+. The minimum atomic E-state index is 0.686. The molecule has 1 fully saturated rings. The summed E-state index contributed by atoms with van der Waals surface area (Å²) >= 11 is 0. The van der Waals surface area contributed by atoms with Gasteiger partial charge in [0.1, 0.15) is 12.4 Å². The van der Waals surface area contributed by atoms with E-state index in [0.717, 1.165) is 5.84 Å². The summed E-state index contributed by atoms with van der Waals surface area (Å²) < 4.78 is 0. The minimum absolute atomic E-state index is 0.686. The highest BCUT2D eigenvalue weighted by atomic mass is 14.9. The Labute approximate surface area is 54.0 Å². The van der Waals surface area contributed by atoms with Crippen LogP contribution in [0.25, 0.3) is 0 Å². The third-order valence-corrected chi connectivity index (χ3v) is 1.53. The first-order chi connectivity index (χ1) is 4.47. The van der Waals surface area contributed by atoms with E-state index in [1.165, 1.54) is 12.8 Å². The topological polar surface area (TPSA) is 26.5 Å². The first-order valence-corrected chi connectivity index (χ1v) is 3.24. The van der Waals surface area contributed by atoms with E-state index < -0.39 is 0 Å². The van der Waals surface area contributed by atoms with Gasteiger partial charge in [0.15, 0.2) is 0 Å². The van der Waals surface area contributed by atoms with Gasteiger partial charge in [0.25, 0.3) is 0 Å². The van der Waals surface area contributed by atoms with Crippen LogP contribution in [-0.2, 0) is 0 Å². The maximum atomic E-state index is 4.13. The Kier molecular flexibility index (Phi) is 0.979. The zero-order valence-corrected chi connectivity index (χ0v) is 5.12. The van der Waals surface area contributed by atoms with Crippen LogP contribution in [0.2, 0.25) is 0 Å². The van der Waals surface area contributed by atoms with Crippen LogP contribution < -0.4 is 4.99 Å². The molecule has 45 valence electrons. The summed E-state index contributed by atoms with van der Waals surface area (Å²) in [4.78, 5) is 8.26. The molecule has 0 spiro atoms. The van der Waals surface area contributed by atoms with Crippen molar-refractivity contribution in [1.29, 1.82) is 0 Å². The van der Waals surface area contributed by atoms with E-state index in [-0.39, 0.29) is 0 Å². The van der Waals surface area contributed by atoms with Crippen molar-refractivity contribution in [2.24, 2.45) is 10.9 Å². The van der Waals surface area contributed by atoms with Crippen molar-refractivity contribution in [3.8, 4) is 0 Å². The van der Waals surface area contributed by atoms with Crippen molar-refractivity contribution in [2.75, 3.05) is 0 Å². The zero-order valence-electron chi connectivity index (χ0n) is 5.12. The second-order valence-electron chi connectivity index (χ2n) is 2.38. The third kappa shape index (κ3) is 0.922. The molecule has 0 saturated heterocycles. The second kappa shape index (κ2) is 1.79. The first-order valence-electron chi connectivity index (χ1n) is 3.24. The van der Waals surface area contributed by atoms with Crippen molar-refractivity contribution in [3.63, 3.8) is 0 Å². The molecule has 1 radical (unpaired) electrons. The van der Waals surface area contributed by atoms with Gasteiger partial charge in [0.2, 0.25) is 0 Å². The summed E-state index contributed by atoms with van der Waals surface area (Å²) in [7, 11) is 0. The van der Waals surface area contributed by atoms with Crippen molar-refractivity contribution in [1.82, 2.24) is 4.99 Å². The lowest BCUT2D eigenvalue weighted by Crippen LogP contribution is -2.10. The van der Waals surface area contributed by atoms with Gasteiger partial charge in [-0.3, -0.25) is 0 Å². The van der Waals surface area contributed by atoms with Crippen molar-refractivity contribution in [3.05, 3.63) is 12.3 Å². The summed E-state index contributed by atoms with van der Waals surface area (Å²) in [6.45, 7) is 0. The molecule has 1 aliphatic heterocycles. The lowest BCUT2D eigenvalue weighted by molar-refractivity contribution is 1.12. The average molecular weight is 120 g/mol. The van der Waals surface area contributed by atoms with Crippen LogP contribution in [0.15, 0.2) is 17.3 Å². The third-order valence-electron chi connectivity index (χ3n) is 1.53. The van der Waals surface area contributed by atoms with Crippen LogP contribution >= 0.6 is 0 Å². The maximum Gasteiger partial charge on any atom is 0.341 e. The molecule has 0 amide bonds.